The van der Waals surface area contributed by atoms with Gasteiger partial charge in [0.2, 0.25) is 5.91 Å². The van der Waals surface area contributed by atoms with Gasteiger partial charge in [0.15, 0.2) is 0 Å². The number of ether oxygens (including phenoxy) is 1. The summed E-state index contributed by atoms with van der Waals surface area (Å²) < 4.78 is 28.3. The average Bonchev–Trinajstić information content (AvgIpc) is 2.94. The molecule has 2 aliphatic heterocycles. The first-order valence-corrected chi connectivity index (χ1v) is 10.2. The lowest BCUT2D eigenvalue weighted by atomic mass is 9.93. The second kappa shape index (κ2) is 7.03. The summed E-state index contributed by atoms with van der Waals surface area (Å²) >= 11 is 0. The molecule has 0 aliphatic carbocycles. The SMILES string of the molecule is CC(=O)NC[C@H]1CN(c2ccc(C3CCS(=O)(=O)CC3)cc2)C(=O)O1. The molecule has 7 nitrogen and oxygen atoms in total. The lowest BCUT2D eigenvalue weighted by molar-refractivity contribution is -0.119. The van der Waals surface area contributed by atoms with Crippen LogP contribution in [0.4, 0.5) is 10.5 Å². The Kier molecular flexibility index (Phi) is 4.99. The van der Waals surface area contributed by atoms with E-state index in [9.17, 15) is 18.0 Å². The van der Waals surface area contributed by atoms with Crippen molar-refractivity contribution in [1.82, 2.24) is 5.32 Å². The number of carbonyl (C=O) groups is 2. The number of anilines is 1. The highest BCUT2D eigenvalue weighted by Gasteiger charge is 2.32. The highest BCUT2D eigenvalue weighted by Crippen LogP contribution is 2.31. The number of carbonyl (C=O) groups excluding carboxylic acids is 2. The second-order valence-electron chi connectivity index (χ2n) is 6.57. The fourth-order valence-electron chi connectivity index (χ4n) is 3.25. The fraction of sp³-hybridized carbons (Fsp3) is 0.529. The Morgan fingerprint density at radius 2 is 1.88 bits per heavy atom. The third-order valence-corrected chi connectivity index (χ3v) is 6.40. The summed E-state index contributed by atoms with van der Waals surface area (Å²) in [6, 6.07) is 7.62. The number of rotatable bonds is 4. The molecule has 2 aliphatic rings. The molecule has 3 rings (SSSR count). The summed E-state index contributed by atoms with van der Waals surface area (Å²) in [5.74, 6) is 0.565. The number of sulfone groups is 1. The molecule has 8 heteroatoms. The standard InChI is InChI=1S/C17H22N2O5S/c1-12(20)18-10-16-11-19(17(21)24-16)15-4-2-13(3-5-15)14-6-8-25(22,23)9-7-14/h2-5,14,16H,6-11H2,1H3,(H,18,20)/t16-/m0/s1. The normalized spacial score (nSPS) is 23.3. The van der Waals surface area contributed by atoms with Gasteiger partial charge in [-0.1, -0.05) is 12.1 Å². The molecule has 0 saturated carbocycles. The van der Waals surface area contributed by atoms with Gasteiger partial charge in [-0.05, 0) is 36.5 Å². The minimum Gasteiger partial charge on any atom is -0.442 e. The first-order chi connectivity index (χ1) is 11.8. The van der Waals surface area contributed by atoms with Gasteiger partial charge in [0.1, 0.15) is 15.9 Å². The zero-order valence-electron chi connectivity index (χ0n) is 14.1. The van der Waals surface area contributed by atoms with Crippen LogP contribution in [0.15, 0.2) is 24.3 Å². The summed E-state index contributed by atoms with van der Waals surface area (Å²) in [7, 11) is -2.87. The van der Waals surface area contributed by atoms with Crippen molar-refractivity contribution in [3.63, 3.8) is 0 Å². The monoisotopic (exact) mass is 366 g/mol. The van der Waals surface area contributed by atoms with Gasteiger partial charge < -0.3 is 10.1 Å². The van der Waals surface area contributed by atoms with Gasteiger partial charge in [-0.2, -0.15) is 0 Å². The zero-order chi connectivity index (χ0) is 18.0. The minimum absolute atomic E-state index is 0.159. The zero-order valence-corrected chi connectivity index (χ0v) is 14.9. The molecule has 1 atom stereocenters. The Labute approximate surface area is 147 Å². The quantitative estimate of drug-likeness (QED) is 0.870. The van der Waals surface area contributed by atoms with Gasteiger partial charge in [0.25, 0.3) is 0 Å². The van der Waals surface area contributed by atoms with Crippen molar-refractivity contribution in [1.29, 1.82) is 0 Å². The van der Waals surface area contributed by atoms with E-state index in [-0.39, 0.29) is 29.4 Å². The number of nitrogens with zero attached hydrogens (tertiary/aromatic N) is 1. The number of amides is 2. The van der Waals surface area contributed by atoms with Gasteiger partial charge in [-0.25, -0.2) is 13.2 Å². The number of hydrogen-bond donors (Lipinski definition) is 1. The first kappa shape index (κ1) is 17.7. The molecule has 0 unspecified atom stereocenters. The number of cyclic esters (lactones) is 1. The Hall–Kier alpha value is -2.09. The van der Waals surface area contributed by atoms with E-state index in [0.717, 1.165) is 11.3 Å². The molecule has 2 saturated heterocycles. The lowest BCUT2D eigenvalue weighted by Crippen LogP contribution is -2.33. The van der Waals surface area contributed by atoms with Crippen molar-refractivity contribution >= 4 is 27.5 Å². The Morgan fingerprint density at radius 1 is 1.24 bits per heavy atom. The Morgan fingerprint density at radius 3 is 2.48 bits per heavy atom. The largest absolute Gasteiger partial charge is 0.442 e. The van der Waals surface area contributed by atoms with Crippen LogP contribution in [-0.4, -0.2) is 51.1 Å². The van der Waals surface area contributed by atoms with Gasteiger partial charge in [0, 0.05) is 12.6 Å². The fourth-order valence-corrected chi connectivity index (χ4v) is 4.74. The van der Waals surface area contributed by atoms with Crippen molar-refractivity contribution in [3.8, 4) is 0 Å². The number of nitrogens with one attached hydrogen (secondary N) is 1. The highest BCUT2D eigenvalue weighted by molar-refractivity contribution is 7.91. The van der Waals surface area contributed by atoms with Gasteiger partial charge >= 0.3 is 6.09 Å². The van der Waals surface area contributed by atoms with Crippen LogP contribution in [0.2, 0.25) is 0 Å². The summed E-state index contributed by atoms with van der Waals surface area (Å²) in [6.07, 6.45) is 0.504. The lowest BCUT2D eigenvalue weighted by Gasteiger charge is -2.23. The Bertz CT molecular complexity index is 746. The van der Waals surface area contributed by atoms with E-state index in [1.54, 1.807) is 4.90 Å². The predicted octanol–water partition coefficient (Wildman–Crippen LogP) is 1.44. The summed E-state index contributed by atoms with van der Waals surface area (Å²) in [5.41, 5.74) is 1.84. The summed E-state index contributed by atoms with van der Waals surface area (Å²) in [4.78, 5) is 24.5. The maximum absolute atomic E-state index is 12.0. The van der Waals surface area contributed by atoms with Crippen LogP contribution >= 0.6 is 0 Å². The van der Waals surface area contributed by atoms with Crippen LogP contribution in [0.3, 0.4) is 0 Å². The summed E-state index contributed by atoms with van der Waals surface area (Å²) in [6.45, 7) is 2.11. The first-order valence-electron chi connectivity index (χ1n) is 8.37. The third-order valence-electron chi connectivity index (χ3n) is 4.68. The van der Waals surface area contributed by atoms with Crippen molar-refractivity contribution in [2.45, 2.75) is 31.8 Å². The second-order valence-corrected chi connectivity index (χ2v) is 8.87. The molecule has 0 bridgehead atoms. The highest BCUT2D eigenvalue weighted by atomic mass is 32.2. The third kappa shape index (κ3) is 4.31. The molecule has 2 fully saturated rings. The summed E-state index contributed by atoms with van der Waals surface area (Å²) in [5, 5.41) is 2.65. The van der Waals surface area contributed by atoms with E-state index in [0.29, 0.717) is 25.9 Å². The smallest absolute Gasteiger partial charge is 0.414 e. The molecule has 1 aromatic carbocycles. The van der Waals surface area contributed by atoms with Crippen molar-refractivity contribution < 1.29 is 22.7 Å². The van der Waals surface area contributed by atoms with E-state index in [2.05, 4.69) is 5.32 Å². The van der Waals surface area contributed by atoms with Gasteiger partial charge in [-0.15, -0.1) is 0 Å². The van der Waals surface area contributed by atoms with E-state index in [4.69, 9.17) is 4.74 Å². The maximum Gasteiger partial charge on any atom is 0.414 e. The number of hydrogen-bond acceptors (Lipinski definition) is 5. The molecule has 2 heterocycles. The van der Waals surface area contributed by atoms with E-state index in [1.807, 2.05) is 24.3 Å². The van der Waals surface area contributed by atoms with E-state index >= 15 is 0 Å². The molecule has 25 heavy (non-hydrogen) atoms. The molecule has 2 amide bonds. The molecular weight excluding hydrogens is 344 g/mol. The van der Waals surface area contributed by atoms with Gasteiger partial charge in [-0.3, -0.25) is 9.69 Å². The molecule has 0 aromatic heterocycles. The molecule has 1 N–H and O–H groups in total. The molecule has 0 spiro atoms. The van der Waals surface area contributed by atoms with Crippen LogP contribution in [0.25, 0.3) is 0 Å². The predicted molar refractivity (Wildman–Crippen MR) is 93.4 cm³/mol. The molecular formula is C17H22N2O5S. The van der Waals surface area contributed by atoms with Crippen LogP contribution < -0.4 is 10.2 Å². The minimum atomic E-state index is -2.87. The van der Waals surface area contributed by atoms with Crippen LogP contribution in [0.5, 0.6) is 0 Å². The van der Waals surface area contributed by atoms with E-state index in [1.165, 1.54) is 6.92 Å². The molecule has 0 radical (unpaired) electrons. The average molecular weight is 366 g/mol. The topological polar surface area (TPSA) is 92.8 Å². The van der Waals surface area contributed by atoms with Crippen molar-refractivity contribution in [2.24, 2.45) is 0 Å². The van der Waals surface area contributed by atoms with Crippen LogP contribution in [0, 0.1) is 0 Å². The van der Waals surface area contributed by atoms with Crippen molar-refractivity contribution in [3.05, 3.63) is 29.8 Å². The molecule has 1 aromatic rings. The van der Waals surface area contributed by atoms with Gasteiger partial charge in [0.05, 0.1) is 24.6 Å². The van der Waals surface area contributed by atoms with E-state index < -0.39 is 15.9 Å². The van der Waals surface area contributed by atoms with Crippen LogP contribution in [-0.2, 0) is 19.4 Å². The Balaban J connectivity index is 1.62. The van der Waals surface area contributed by atoms with Crippen LogP contribution in [0.1, 0.15) is 31.2 Å². The maximum atomic E-state index is 12.0. The molecule has 136 valence electrons. The number of benzene rings is 1. The van der Waals surface area contributed by atoms with Crippen molar-refractivity contribution in [2.75, 3.05) is 29.5 Å².